The molecule has 0 saturated carbocycles. The molecule has 0 atom stereocenters. The highest BCUT2D eigenvalue weighted by Gasteiger charge is 2.18. The Balaban J connectivity index is 2.02. The van der Waals surface area contributed by atoms with Gasteiger partial charge in [0.15, 0.2) is 5.78 Å². The lowest BCUT2D eigenvalue weighted by atomic mass is 10.0. The number of aryl methyl sites for hydroxylation is 1. The molecule has 0 aliphatic heterocycles. The SMILES string of the molecule is Cc1ccccc1C(=O)c1cnn(-c2ccc(Br)cc2)c1N. The summed E-state index contributed by atoms with van der Waals surface area (Å²) in [6.07, 6.45) is 1.52. The standard InChI is InChI=1S/C17H14BrN3O/c1-11-4-2-3-5-14(11)16(22)15-10-20-21(17(15)19)13-8-6-12(18)7-9-13/h2-10H,19H2,1H3. The van der Waals surface area contributed by atoms with Crippen molar-refractivity contribution in [2.24, 2.45) is 0 Å². The molecule has 0 aliphatic carbocycles. The zero-order valence-corrected chi connectivity index (χ0v) is 13.5. The summed E-state index contributed by atoms with van der Waals surface area (Å²) in [6, 6.07) is 15.0. The fourth-order valence-electron chi connectivity index (χ4n) is 2.29. The summed E-state index contributed by atoms with van der Waals surface area (Å²) in [6.45, 7) is 1.91. The van der Waals surface area contributed by atoms with E-state index < -0.39 is 0 Å². The van der Waals surface area contributed by atoms with E-state index in [-0.39, 0.29) is 5.78 Å². The molecule has 0 saturated heterocycles. The molecule has 0 unspecified atom stereocenters. The molecule has 0 spiro atoms. The average Bonchev–Trinajstić information content (AvgIpc) is 2.90. The topological polar surface area (TPSA) is 60.9 Å². The van der Waals surface area contributed by atoms with Gasteiger partial charge in [0, 0.05) is 10.0 Å². The molecule has 0 bridgehead atoms. The summed E-state index contributed by atoms with van der Waals surface area (Å²) in [4.78, 5) is 12.6. The zero-order valence-electron chi connectivity index (χ0n) is 12.0. The normalized spacial score (nSPS) is 10.6. The minimum absolute atomic E-state index is 0.112. The van der Waals surface area contributed by atoms with Crippen LogP contribution in [0.5, 0.6) is 0 Å². The van der Waals surface area contributed by atoms with Crippen LogP contribution in [0.3, 0.4) is 0 Å². The fourth-order valence-corrected chi connectivity index (χ4v) is 2.56. The van der Waals surface area contributed by atoms with Gasteiger partial charge in [0.2, 0.25) is 0 Å². The Bertz CT molecular complexity index is 837. The largest absolute Gasteiger partial charge is 0.383 e. The van der Waals surface area contributed by atoms with Gasteiger partial charge in [0.25, 0.3) is 0 Å². The predicted octanol–water partition coefficient (Wildman–Crippen LogP) is 3.76. The first kappa shape index (κ1) is 14.5. The zero-order chi connectivity index (χ0) is 15.7. The summed E-state index contributed by atoms with van der Waals surface area (Å²) in [7, 11) is 0. The number of hydrogen-bond donors (Lipinski definition) is 1. The van der Waals surface area contributed by atoms with E-state index in [1.165, 1.54) is 6.20 Å². The molecular formula is C17H14BrN3O. The second-order valence-electron chi connectivity index (χ2n) is 4.98. The molecule has 22 heavy (non-hydrogen) atoms. The van der Waals surface area contributed by atoms with Crippen LogP contribution in [0.25, 0.3) is 5.69 Å². The summed E-state index contributed by atoms with van der Waals surface area (Å²) in [5.74, 6) is 0.231. The quantitative estimate of drug-likeness (QED) is 0.727. The van der Waals surface area contributed by atoms with Crippen LogP contribution in [-0.2, 0) is 0 Å². The number of hydrogen-bond acceptors (Lipinski definition) is 3. The van der Waals surface area contributed by atoms with Crippen molar-refractivity contribution < 1.29 is 4.79 Å². The Labute approximate surface area is 136 Å². The van der Waals surface area contributed by atoms with Gasteiger partial charge >= 0.3 is 0 Å². The molecule has 0 radical (unpaired) electrons. The predicted molar refractivity (Wildman–Crippen MR) is 90.3 cm³/mol. The third-order valence-corrected chi connectivity index (χ3v) is 4.04. The molecule has 0 aliphatic rings. The lowest BCUT2D eigenvalue weighted by Crippen LogP contribution is -2.08. The minimum atomic E-state index is -0.112. The Morgan fingerprint density at radius 3 is 2.45 bits per heavy atom. The Morgan fingerprint density at radius 2 is 1.77 bits per heavy atom. The summed E-state index contributed by atoms with van der Waals surface area (Å²) >= 11 is 3.39. The highest BCUT2D eigenvalue weighted by Crippen LogP contribution is 2.22. The summed E-state index contributed by atoms with van der Waals surface area (Å²) < 4.78 is 2.54. The van der Waals surface area contributed by atoms with Crippen LogP contribution in [0, 0.1) is 6.92 Å². The monoisotopic (exact) mass is 355 g/mol. The van der Waals surface area contributed by atoms with Gasteiger partial charge < -0.3 is 5.73 Å². The van der Waals surface area contributed by atoms with Crippen LogP contribution in [-0.4, -0.2) is 15.6 Å². The van der Waals surface area contributed by atoms with Crippen LogP contribution in [0.15, 0.2) is 59.2 Å². The maximum absolute atomic E-state index is 12.6. The van der Waals surface area contributed by atoms with E-state index in [1.54, 1.807) is 10.7 Å². The number of nitrogen functional groups attached to an aromatic ring is 1. The smallest absolute Gasteiger partial charge is 0.198 e. The van der Waals surface area contributed by atoms with Crippen LogP contribution in [0.2, 0.25) is 0 Å². The number of ketones is 1. The average molecular weight is 356 g/mol. The maximum Gasteiger partial charge on any atom is 0.198 e. The Hall–Kier alpha value is -2.40. The molecule has 110 valence electrons. The number of halogens is 1. The lowest BCUT2D eigenvalue weighted by Gasteiger charge is -2.06. The first-order valence-electron chi connectivity index (χ1n) is 6.77. The van der Waals surface area contributed by atoms with Crippen LogP contribution < -0.4 is 5.73 Å². The number of nitrogens with zero attached hydrogens (tertiary/aromatic N) is 2. The molecular weight excluding hydrogens is 342 g/mol. The summed E-state index contributed by atoms with van der Waals surface area (Å²) in [5.41, 5.74) is 8.92. The van der Waals surface area contributed by atoms with Crippen molar-refractivity contribution >= 4 is 27.5 Å². The molecule has 0 amide bonds. The van der Waals surface area contributed by atoms with Gasteiger partial charge in [0.05, 0.1) is 17.4 Å². The summed E-state index contributed by atoms with van der Waals surface area (Å²) in [5, 5.41) is 4.25. The van der Waals surface area contributed by atoms with Crippen molar-refractivity contribution in [3.8, 4) is 5.69 Å². The van der Waals surface area contributed by atoms with E-state index in [9.17, 15) is 4.79 Å². The molecule has 3 rings (SSSR count). The molecule has 5 heteroatoms. The van der Waals surface area contributed by atoms with Crippen molar-refractivity contribution in [3.63, 3.8) is 0 Å². The van der Waals surface area contributed by atoms with E-state index >= 15 is 0 Å². The van der Waals surface area contributed by atoms with Gasteiger partial charge in [-0.15, -0.1) is 0 Å². The molecule has 4 nitrogen and oxygen atoms in total. The van der Waals surface area contributed by atoms with Gasteiger partial charge in [-0.25, -0.2) is 4.68 Å². The third kappa shape index (κ3) is 2.55. The number of nitrogens with two attached hydrogens (primary N) is 1. The van der Waals surface area contributed by atoms with Gasteiger partial charge in [-0.2, -0.15) is 5.10 Å². The van der Waals surface area contributed by atoms with Gasteiger partial charge in [-0.05, 0) is 36.8 Å². The van der Waals surface area contributed by atoms with E-state index in [2.05, 4.69) is 21.0 Å². The number of anilines is 1. The van der Waals surface area contributed by atoms with Crippen LogP contribution in [0.4, 0.5) is 5.82 Å². The molecule has 2 aromatic carbocycles. The number of benzene rings is 2. The van der Waals surface area contributed by atoms with Crippen LogP contribution in [0.1, 0.15) is 21.5 Å². The highest BCUT2D eigenvalue weighted by molar-refractivity contribution is 9.10. The van der Waals surface area contributed by atoms with Crippen molar-refractivity contribution in [3.05, 3.63) is 75.9 Å². The molecule has 0 fully saturated rings. The van der Waals surface area contributed by atoms with E-state index in [0.29, 0.717) is 16.9 Å². The molecule has 3 aromatic rings. The van der Waals surface area contributed by atoms with E-state index in [1.807, 2.05) is 49.4 Å². The minimum Gasteiger partial charge on any atom is -0.383 e. The van der Waals surface area contributed by atoms with E-state index in [4.69, 9.17) is 5.73 Å². The maximum atomic E-state index is 12.6. The Morgan fingerprint density at radius 1 is 1.09 bits per heavy atom. The van der Waals surface area contributed by atoms with E-state index in [0.717, 1.165) is 15.7 Å². The number of rotatable bonds is 3. The first-order valence-corrected chi connectivity index (χ1v) is 7.57. The van der Waals surface area contributed by atoms with Gasteiger partial charge in [-0.3, -0.25) is 4.79 Å². The fraction of sp³-hybridized carbons (Fsp3) is 0.0588. The molecule has 2 N–H and O–H groups in total. The van der Waals surface area contributed by atoms with Crippen molar-refractivity contribution in [1.29, 1.82) is 0 Å². The molecule has 1 heterocycles. The first-order chi connectivity index (χ1) is 10.6. The van der Waals surface area contributed by atoms with Crippen molar-refractivity contribution in [2.75, 3.05) is 5.73 Å². The highest BCUT2D eigenvalue weighted by atomic mass is 79.9. The second-order valence-corrected chi connectivity index (χ2v) is 5.89. The second kappa shape index (κ2) is 5.77. The third-order valence-electron chi connectivity index (χ3n) is 3.51. The lowest BCUT2D eigenvalue weighted by molar-refractivity contribution is 0.103. The molecule has 1 aromatic heterocycles. The number of carbonyl (C=O) groups excluding carboxylic acids is 1. The van der Waals surface area contributed by atoms with Crippen molar-refractivity contribution in [2.45, 2.75) is 6.92 Å². The van der Waals surface area contributed by atoms with Gasteiger partial charge in [-0.1, -0.05) is 40.2 Å². The number of aromatic nitrogens is 2. The Kier molecular flexibility index (Phi) is 3.81. The number of carbonyl (C=O) groups is 1. The van der Waals surface area contributed by atoms with Crippen molar-refractivity contribution in [1.82, 2.24) is 9.78 Å². The van der Waals surface area contributed by atoms with Gasteiger partial charge in [0.1, 0.15) is 5.82 Å². The van der Waals surface area contributed by atoms with Crippen LogP contribution >= 0.6 is 15.9 Å².